The molecule has 1 aliphatic heterocycles. The first-order chi connectivity index (χ1) is 15.2. The number of hydrogen-bond acceptors (Lipinski definition) is 7. The summed E-state index contributed by atoms with van der Waals surface area (Å²) in [4.78, 5) is 14.9. The number of morpholine rings is 1. The van der Waals surface area contributed by atoms with E-state index in [0.717, 1.165) is 15.9 Å². The second-order valence-corrected chi connectivity index (χ2v) is 11.5. The lowest BCUT2D eigenvalue weighted by Gasteiger charge is -2.34. The van der Waals surface area contributed by atoms with Gasteiger partial charge in [0.1, 0.15) is 5.82 Å². The monoisotopic (exact) mass is 474 g/mol. The van der Waals surface area contributed by atoms with Crippen molar-refractivity contribution in [1.29, 1.82) is 0 Å². The average Bonchev–Trinajstić information content (AvgIpc) is 3.38. The minimum atomic E-state index is -3.33. The molecule has 5 rings (SSSR count). The number of nitrogens with zero attached hydrogens (tertiary/aromatic N) is 3. The van der Waals surface area contributed by atoms with Gasteiger partial charge in [0.15, 0.2) is 21.5 Å². The number of nitrogens with one attached hydrogen (secondary N) is 1. The summed E-state index contributed by atoms with van der Waals surface area (Å²) >= 11 is 1.44. The van der Waals surface area contributed by atoms with Crippen LogP contribution in [0.2, 0.25) is 0 Å². The van der Waals surface area contributed by atoms with Gasteiger partial charge in [-0.1, -0.05) is 0 Å². The third-order valence-corrected chi connectivity index (χ3v) is 8.54. The van der Waals surface area contributed by atoms with Crippen LogP contribution in [0.5, 0.6) is 0 Å². The lowest BCUT2D eigenvalue weighted by molar-refractivity contribution is 0.0987. The molecule has 4 aromatic rings. The van der Waals surface area contributed by atoms with Gasteiger partial charge in [0, 0.05) is 41.0 Å². The summed E-state index contributed by atoms with van der Waals surface area (Å²) in [6.07, 6.45) is 2.98. The number of benzene rings is 1. The van der Waals surface area contributed by atoms with Crippen LogP contribution in [0.4, 0.5) is 10.2 Å². The first kappa shape index (κ1) is 21.3. The van der Waals surface area contributed by atoms with E-state index in [1.807, 2.05) is 11.4 Å². The Hall–Kier alpha value is -2.56. The molecule has 1 N–H and O–H groups in total. The number of aromatic nitrogens is 3. The zero-order chi connectivity index (χ0) is 22.6. The van der Waals surface area contributed by atoms with Crippen LogP contribution >= 0.6 is 11.3 Å². The van der Waals surface area contributed by atoms with E-state index in [0.29, 0.717) is 47.7 Å². The van der Waals surface area contributed by atoms with Crippen molar-refractivity contribution in [2.75, 3.05) is 30.9 Å². The molecule has 0 aliphatic carbocycles. The molecule has 1 aromatic carbocycles. The first-order valence-corrected chi connectivity index (χ1v) is 13.2. The molecule has 1 aliphatic rings. The van der Waals surface area contributed by atoms with Gasteiger partial charge in [0.25, 0.3) is 0 Å². The van der Waals surface area contributed by atoms with E-state index in [-0.39, 0.29) is 6.04 Å². The van der Waals surface area contributed by atoms with Crippen molar-refractivity contribution < 1.29 is 17.5 Å². The summed E-state index contributed by atoms with van der Waals surface area (Å²) < 4.78 is 45.5. The lowest BCUT2D eigenvalue weighted by Crippen LogP contribution is -2.44. The van der Waals surface area contributed by atoms with E-state index in [9.17, 15) is 12.8 Å². The Morgan fingerprint density at radius 3 is 2.91 bits per heavy atom. The maximum Gasteiger partial charge on any atom is 0.163 e. The average molecular weight is 475 g/mol. The Labute approximate surface area is 189 Å². The van der Waals surface area contributed by atoms with Gasteiger partial charge in [-0.3, -0.25) is 0 Å². The molecule has 0 radical (unpaired) electrons. The van der Waals surface area contributed by atoms with Crippen molar-refractivity contribution in [2.45, 2.75) is 25.1 Å². The molecule has 0 spiro atoms. The minimum Gasteiger partial charge on any atom is -0.377 e. The smallest absolute Gasteiger partial charge is 0.163 e. The van der Waals surface area contributed by atoms with Gasteiger partial charge < -0.3 is 14.6 Å². The van der Waals surface area contributed by atoms with Crippen molar-refractivity contribution >= 4 is 48.1 Å². The van der Waals surface area contributed by atoms with Gasteiger partial charge in [-0.05, 0) is 37.4 Å². The highest BCUT2D eigenvalue weighted by Crippen LogP contribution is 2.40. The van der Waals surface area contributed by atoms with Crippen LogP contribution in [0.15, 0.2) is 29.8 Å². The topological polar surface area (TPSA) is 88.2 Å². The number of aromatic amines is 1. The summed E-state index contributed by atoms with van der Waals surface area (Å²) in [5, 5.41) is 1.94. The molecule has 168 valence electrons. The number of rotatable bonds is 4. The van der Waals surface area contributed by atoms with Crippen molar-refractivity contribution in [3.05, 3.63) is 41.2 Å². The van der Waals surface area contributed by atoms with Gasteiger partial charge in [-0.15, -0.1) is 11.3 Å². The fraction of sp³-hybridized carbons (Fsp3) is 0.364. The first-order valence-electron chi connectivity index (χ1n) is 10.3. The van der Waals surface area contributed by atoms with Crippen LogP contribution in [0.3, 0.4) is 0 Å². The van der Waals surface area contributed by atoms with Crippen LogP contribution in [-0.4, -0.2) is 55.4 Å². The second-order valence-electron chi connectivity index (χ2n) is 8.22. The van der Waals surface area contributed by atoms with E-state index in [4.69, 9.17) is 14.7 Å². The summed E-state index contributed by atoms with van der Waals surface area (Å²) in [5.74, 6) is 0.705. The van der Waals surface area contributed by atoms with Crippen LogP contribution < -0.4 is 4.90 Å². The highest BCUT2D eigenvalue weighted by atomic mass is 32.2. The molecular formula is C22H23FN4O3S2. The number of hydrogen-bond donors (Lipinski definition) is 1. The molecule has 1 unspecified atom stereocenters. The summed E-state index contributed by atoms with van der Waals surface area (Å²) in [5.41, 5.74) is 2.45. The van der Waals surface area contributed by atoms with Crippen molar-refractivity contribution in [1.82, 2.24) is 15.0 Å². The van der Waals surface area contributed by atoms with E-state index < -0.39 is 20.9 Å². The number of fused-ring (bicyclic) bond motifs is 2. The van der Waals surface area contributed by atoms with Gasteiger partial charge in [0.05, 0.1) is 34.7 Å². The summed E-state index contributed by atoms with van der Waals surface area (Å²) in [7, 11) is -3.33. The number of anilines is 1. The Kier molecular flexibility index (Phi) is 5.18. The molecule has 0 saturated carbocycles. The molecule has 0 amide bonds. The third-order valence-electron chi connectivity index (χ3n) is 6.02. The molecule has 1 saturated heterocycles. The Morgan fingerprint density at radius 2 is 2.16 bits per heavy atom. The zero-order valence-corrected chi connectivity index (χ0v) is 19.6. The van der Waals surface area contributed by atoms with E-state index in [1.54, 1.807) is 13.1 Å². The summed E-state index contributed by atoms with van der Waals surface area (Å²) in [6.45, 7) is 5.53. The van der Waals surface area contributed by atoms with Crippen molar-refractivity contribution in [2.24, 2.45) is 0 Å². The van der Waals surface area contributed by atoms with Crippen LogP contribution in [0, 0.1) is 5.82 Å². The Morgan fingerprint density at radius 1 is 1.34 bits per heavy atom. The number of ether oxygens (including phenoxy) is 1. The van der Waals surface area contributed by atoms with Gasteiger partial charge in [0.2, 0.25) is 0 Å². The minimum absolute atomic E-state index is 0.0902. The maximum atomic E-state index is 14.4. The molecule has 7 nitrogen and oxygen atoms in total. The molecular weight excluding hydrogens is 451 g/mol. The molecule has 2 atom stereocenters. The predicted molar refractivity (Wildman–Crippen MR) is 126 cm³/mol. The van der Waals surface area contributed by atoms with Crippen LogP contribution in [0.25, 0.3) is 32.5 Å². The fourth-order valence-corrected chi connectivity index (χ4v) is 5.94. The normalized spacial score (nSPS) is 18.5. The zero-order valence-electron chi connectivity index (χ0n) is 17.9. The highest BCUT2D eigenvalue weighted by Gasteiger charge is 2.28. The highest BCUT2D eigenvalue weighted by molar-refractivity contribution is 7.90. The van der Waals surface area contributed by atoms with E-state index in [2.05, 4.69) is 16.8 Å². The molecule has 1 fully saturated rings. The molecule has 3 aromatic heterocycles. The van der Waals surface area contributed by atoms with Gasteiger partial charge >= 0.3 is 0 Å². The molecule has 32 heavy (non-hydrogen) atoms. The Balaban J connectivity index is 1.81. The summed E-state index contributed by atoms with van der Waals surface area (Å²) in [6, 6.07) is 4.81. The second kappa shape index (κ2) is 7.79. The lowest BCUT2D eigenvalue weighted by atomic mass is 10.1. The molecule has 4 heterocycles. The Bertz CT molecular complexity index is 1430. The standard InChI is InChI=1S/C22H23FN4O3S2/c1-12-10-30-7-6-27(12)22-20-19(17(11-31-20)13(2)32(3,28)29)25-21(26-22)16-8-14(23)9-18-15(16)4-5-24-18/h4-5,8-9,11-13,24H,6-7,10H2,1-3H3/t12-,13?/m1/s1. The van der Waals surface area contributed by atoms with Crippen LogP contribution in [0.1, 0.15) is 24.7 Å². The van der Waals surface area contributed by atoms with Crippen LogP contribution in [-0.2, 0) is 14.6 Å². The van der Waals surface area contributed by atoms with Gasteiger partial charge in [-0.25, -0.2) is 22.8 Å². The molecule has 10 heteroatoms. The van der Waals surface area contributed by atoms with Crippen molar-refractivity contribution in [3.8, 4) is 11.4 Å². The SMILES string of the molecule is CC(c1csc2c(N3CCOC[C@H]3C)nc(-c3cc(F)cc4[nH]ccc34)nc12)S(C)(=O)=O. The number of halogens is 1. The van der Waals surface area contributed by atoms with Gasteiger partial charge in [-0.2, -0.15) is 0 Å². The largest absolute Gasteiger partial charge is 0.377 e. The van der Waals surface area contributed by atoms with E-state index in [1.165, 1.54) is 29.7 Å². The number of sulfone groups is 1. The molecule has 0 bridgehead atoms. The number of thiophene rings is 1. The van der Waals surface area contributed by atoms with Crippen molar-refractivity contribution in [3.63, 3.8) is 0 Å². The number of H-pyrrole nitrogens is 1. The quantitative estimate of drug-likeness (QED) is 0.474. The third kappa shape index (κ3) is 3.56. The van der Waals surface area contributed by atoms with E-state index >= 15 is 0 Å². The predicted octanol–water partition coefficient (Wildman–Crippen LogP) is 4.31. The fourth-order valence-electron chi connectivity index (χ4n) is 4.11. The maximum absolute atomic E-state index is 14.4.